The number of carbonyl (C=O) groups is 1. The van der Waals surface area contributed by atoms with Crippen LogP contribution in [-0.4, -0.2) is 25.9 Å². The average Bonchev–Trinajstić information content (AvgIpc) is 3.47. The van der Waals surface area contributed by atoms with Crippen molar-refractivity contribution < 1.29 is 14.3 Å². The summed E-state index contributed by atoms with van der Waals surface area (Å²) in [6.45, 7) is 0.574. The number of ether oxygens (including phenoxy) is 2. The molecule has 4 rings (SSSR count). The van der Waals surface area contributed by atoms with Crippen molar-refractivity contribution in [3.63, 3.8) is 0 Å². The summed E-state index contributed by atoms with van der Waals surface area (Å²) in [4.78, 5) is 11.2. The number of nitrogens with one attached hydrogen (secondary N) is 1. The third-order valence-corrected chi connectivity index (χ3v) is 7.58. The second-order valence-electron chi connectivity index (χ2n) is 8.29. The Balaban J connectivity index is 1.26. The summed E-state index contributed by atoms with van der Waals surface area (Å²) < 4.78 is 12.0. The van der Waals surface area contributed by atoms with E-state index in [2.05, 4.69) is 47.1 Å². The van der Waals surface area contributed by atoms with Gasteiger partial charge in [0.2, 0.25) is 0 Å². The number of carbonyl (C=O) groups excluding carboxylic acids is 1. The molecule has 0 radical (unpaired) electrons. The third-order valence-electron chi connectivity index (χ3n) is 6.63. The maximum atomic E-state index is 11.2. The SMILES string of the molecule is COC(=O)CCC/C=C\C[C@H]1[C@H]2CCC(C2)[C@@H]1NCOc1cccc2ccsc12. The van der Waals surface area contributed by atoms with E-state index in [4.69, 9.17) is 9.47 Å². The molecular formula is C24H31NO3S. The Kier molecular flexibility index (Phi) is 6.88. The summed E-state index contributed by atoms with van der Waals surface area (Å²) in [5.41, 5.74) is 0. The molecule has 29 heavy (non-hydrogen) atoms. The van der Waals surface area contributed by atoms with E-state index in [1.54, 1.807) is 11.3 Å². The van der Waals surface area contributed by atoms with Gasteiger partial charge in [0.15, 0.2) is 0 Å². The molecule has 4 atom stereocenters. The molecule has 4 nitrogen and oxygen atoms in total. The molecule has 2 aliphatic rings. The summed E-state index contributed by atoms with van der Waals surface area (Å²) in [5, 5.41) is 7.10. The molecule has 0 aliphatic heterocycles. The lowest BCUT2D eigenvalue weighted by Gasteiger charge is -2.31. The van der Waals surface area contributed by atoms with Crippen LogP contribution in [0, 0.1) is 17.8 Å². The largest absolute Gasteiger partial charge is 0.477 e. The maximum absolute atomic E-state index is 11.2. The van der Waals surface area contributed by atoms with E-state index in [-0.39, 0.29) is 5.97 Å². The van der Waals surface area contributed by atoms with Gasteiger partial charge in [-0.3, -0.25) is 10.1 Å². The van der Waals surface area contributed by atoms with Crippen molar-refractivity contribution in [3.05, 3.63) is 41.8 Å². The van der Waals surface area contributed by atoms with Gasteiger partial charge in [-0.05, 0) is 79.2 Å². The van der Waals surface area contributed by atoms with E-state index in [1.165, 1.54) is 36.5 Å². The minimum Gasteiger partial charge on any atom is -0.477 e. The first-order valence-electron chi connectivity index (χ1n) is 10.8. The summed E-state index contributed by atoms with van der Waals surface area (Å²) in [6, 6.07) is 8.96. The molecule has 0 amide bonds. The Morgan fingerprint density at radius 1 is 1.24 bits per heavy atom. The first-order chi connectivity index (χ1) is 14.3. The number of esters is 1. The number of unbranched alkanes of at least 4 members (excludes halogenated alkanes) is 1. The van der Waals surface area contributed by atoms with E-state index >= 15 is 0 Å². The first kappa shape index (κ1) is 20.4. The highest BCUT2D eigenvalue weighted by Crippen LogP contribution is 2.49. The van der Waals surface area contributed by atoms with Gasteiger partial charge in [0.1, 0.15) is 12.5 Å². The number of hydrogen-bond acceptors (Lipinski definition) is 5. The molecule has 2 aromatic rings. The monoisotopic (exact) mass is 413 g/mol. The van der Waals surface area contributed by atoms with E-state index in [0.717, 1.165) is 36.8 Å². The Morgan fingerprint density at radius 2 is 2.14 bits per heavy atom. The average molecular weight is 414 g/mol. The minimum atomic E-state index is -0.117. The van der Waals surface area contributed by atoms with E-state index < -0.39 is 0 Å². The zero-order chi connectivity index (χ0) is 20.1. The number of benzene rings is 1. The summed E-state index contributed by atoms with van der Waals surface area (Å²) in [5.74, 6) is 3.20. The fourth-order valence-electron chi connectivity index (χ4n) is 5.20. The maximum Gasteiger partial charge on any atom is 0.305 e. The second-order valence-corrected chi connectivity index (χ2v) is 9.20. The fourth-order valence-corrected chi connectivity index (χ4v) is 6.07. The predicted molar refractivity (Wildman–Crippen MR) is 118 cm³/mol. The van der Waals surface area contributed by atoms with Crippen LogP contribution in [0.2, 0.25) is 0 Å². The van der Waals surface area contributed by atoms with E-state index in [1.807, 2.05) is 0 Å². The lowest BCUT2D eigenvalue weighted by Crippen LogP contribution is -2.42. The van der Waals surface area contributed by atoms with Gasteiger partial charge in [-0.1, -0.05) is 24.3 Å². The van der Waals surface area contributed by atoms with Crippen LogP contribution in [0.25, 0.3) is 10.1 Å². The van der Waals surface area contributed by atoms with Gasteiger partial charge >= 0.3 is 5.97 Å². The molecule has 2 aliphatic carbocycles. The molecule has 1 heterocycles. The van der Waals surface area contributed by atoms with Crippen molar-refractivity contribution in [1.82, 2.24) is 5.32 Å². The first-order valence-corrected chi connectivity index (χ1v) is 11.7. The van der Waals surface area contributed by atoms with Crippen LogP contribution in [0.5, 0.6) is 5.75 Å². The van der Waals surface area contributed by atoms with Crippen LogP contribution >= 0.6 is 11.3 Å². The van der Waals surface area contributed by atoms with E-state index in [9.17, 15) is 4.79 Å². The van der Waals surface area contributed by atoms with Crippen molar-refractivity contribution in [3.8, 4) is 5.75 Å². The summed E-state index contributed by atoms with van der Waals surface area (Å²) >= 11 is 1.74. The normalized spacial score (nSPS) is 25.8. The van der Waals surface area contributed by atoms with Crippen LogP contribution in [0.15, 0.2) is 41.8 Å². The Morgan fingerprint density at radius 3 is 3.03 bits per heavy atom. The highest BCUT2D eigenvalue weighted by molar-refractivity contribution is 7.17. The fraction of sp³-hybridized carbons (Fsp3) is 0.542. The molecule has 2 saturated carbocycles. The lowest BCUT2D eigenvalue weighted by atomic mass is 9.82. The quantitative estimate of drug-likeness (QED) is 0.241. The summed E-state index contributed by atoms with van der Waals surface area (Å²) in [7, 11) is 1.45. The van der Waals surface area contributed by atoms with Gasteiger partial charge in [-0.15, -0.1) is 11.3 Å². The Labute approximate surface area is 177 Å². The van der Waals surface area contributed by atoms with Crippen molar-refractivity contribution in [2.45, 2.75) is 51.0 Å². The minimum absolute atomic E-state index is 0.117. The number of hydrogen-bond donors (Lipinski definition) is 1. The van der Waals surface area contributed by atoms with Crippen LogP contribution < -0.4 is 10.1 Å². The van der Waals surface area contributed by atoms with Gasteiger partial charge in [-0.2, -0.15) is 0 Å². The predicted octanol–water partition coefficient (Wildman–Crippen LogP) is 5.53. The molecule has 1 N–H and O–H groups in total. The highest BCUT2D eigenvalue weighted by Gasteiger charge is 2.46. The van der Waals surface area contributed by atoms with Gasteiger partial charge in [0.25, 0.3) is 0 Å². The van der Waals surface area contributed by atoms with Crippen LogP contribution in [0.4, 0.5) is 0 Å². The van der Waals surface area contributed by atoms with Crippen LogP contribution in [0.1, 0.15) is 44.9 Å². The number of methoxy groups -OCH3 is 1. The highest BCUT2D eigenvalue weighted by atomic mass is 32.1. The van der Waals surface area contributed by atoms with Crippen molar-refractivity contribution in [2.24, 2.45) is 17.8 Å². The molecule has 1 aromatic carbocycles. The number of thiophene rings is 1. The van der Waals surface area contributed by atoms with Gasteiger partial charge < -0.3 is 9.47 Å². The zero-order valence-electron chi connectivity index (χ0n) is 17.1. The molecule has 1 aromatic heterocycles. The molecule has 156 valence electrons. The Bertz CT molecular complexity index is 846. The molecule has 0 saturated heterocycles. The van der Waals surface area contributed by atoms with E-state index in [0.29, 0.717) is 25.1 Å². The van der Waals surface area contributed by atoms with Gasteiger partial charge in [0, 0.05) is 12.5 Å². The number of rotatable bonds is 10. The van der Waals surface area contributed by atoms with Gasteiger partial charge in [-0.25, -0.2) is 0 Å². The molecular weight excluding hydrogens is 382 g/mol. The van der Waals surface area contributed by atoms with Gasteiger partial charge in [0.05, 0.1) is 11.8 Å². The van der Waals surface area contributed by atoms with Crippen molar-refractivity contribution in [1.29, 1.82) is 0 Å². The molecule has 2 fully saturated rings. The van der Waals surface area contributed by atoms with Crippen molar-refractivity contribution in [2.75, 3.05) is 13.8 Å². The molecule has 0 spiro atoms. The summed E-state index contributed by atoms with van der Waals surface area (Å²) in [6.07, 6.45) is 12.1. The lowest BCUT2D eigenvalue weighted by molar-refractivity contribution is -0.140. The smallest absolute Gasteiger partial charge is 0.305 e. The topological polar surface area (TPSA) is 47.6 Å². The molecule has 2 bridgehead atoms. The number of fused-ring (bicyclic) bond motifs is 3. The van der Waals surface area contributed by atoms with Crippen LogP contribution in [0.3, 0.4) is 0 Å². The van der Waals surface area contributed by atoms with Crippen molar-refractivity contribution >= 4 is 27.4 Å². The molecule has 1 unspecified atom stereocenters. The number of allylic oxidation sites excluding steroid dienone is 2. The standard InChI is InChI=1S/C24H31NO3S/c1-27-22(26)10-5-3-2-4-8-20-18-11-12-19(15-18)23(20)25-16-28-21-9-6-7-17-13-14-29-24(17)21/h2,4,6-7,9,13-14,18-20,23,25H,3,5,8,10-12,15-16H2,1H3/b4-2-/t18-,19?,20-,23-/m0/s1. The third kappa shape index (κ3) is 4.84. The second kappa shape index (κ2) is 9.77. The molecule has 5 heteroatoms. The Hall–Kier alpha value is -1.85. The zero-order valence-corrected chi connectivity index (χ0v) is 18.0. The van der Waals surface area contributed by atoms with Crippen LogP contribution in [-0.2, 0) is 9.53 Å².